The van der Waals surface area contributed by atoms with Gasteiger partial charge in [-0.25, -0.2) is 4.79 Å². The first-order chi connectivity index (χ1) is 10.0. The number of aliphatic carboxylic acids is 1. The molecule has 2 atom stereocenters. The Hall–Kier alpha value is -1.56. The number of carbonyl (C=O) groups excluding carboxylic acids is 1. The Morgan fingerprint density at radius 3 is 2.90 bits per heavy atom. The number of carboxylic acid groups (broad SMARTS) is 1. The summed E-state index contributed by atoms with van der Waals surface area (Å²) in [7, 11) is 1.79. The molecule has 1 saturated heterocycles. The van der Waals surface area contributed by atoms with Crippen LogP contribution in [-0.4, -0.2) is 46.5 Å². The standard InChI is InChI=1S/C15H22N2O3S/c1-11(13-7-5-9-21-13)16(2)15(20)17-8-4-3-6-12(17)10-14(18)19/h5,7,9,11-12H,3-4,6,8,10H2,1-2H3,(H,18,19). The molecule has 1 aliphatic heterocycles. The molecule has 0 bridgehead atoms. The van der Waals surface area contributed by atoms with Crippen molar-refractivity contribution in [2.45, 2.75) is 44.7 Å². The second-order valence-electron chi connectivity index (χ2n) is 5.53. The van der Waals surface area contributed by atoms with E-state index >= 15 is 0 Å². The zero-order valence-corrected chi connectivity index (χ0v) is 13.3. The average Bonchev–Trinajstić information content (AvgIpc) is 2.99. The molecule has 1 aromatic heterocycles. The summed E-state index contributed by atoms with van der Waals surface area (Å²) in [5.41, 5.74) is 0. The monoisotopic (exact) mass is 310 g/mol. The van der Waals surface area contributed by atoms with Crippen LogP contribution in [0.4, 0.5) is 4.79 Å². The first-order valence-electron chi connectivity index (χ1n) is 7.29. The summed E-state index contributed by atoms with van der Waals surface area (Å²) >= 11 is 1.63. The van der Waals surface area contributed by atoms with Crippen LogP contribution < -0.4 is 0 Å². The molecular weight excluding hydrogens is 288 g/mol. The Labute approximate surface area is 129 Å². The summed E-state index contributed by atoms with van der Waals surface area (Å²) in [6.45, 7) is 2.65. The van der Waals surface area contributed by atoms with Gasteiger partial charge in [0.2, 0.25) is 0 Å². The smallest absolute Gasteiger partial charge is 0.320 e. The molecule has 6 heteroatoms. The molecule has 5 nitrogen and oxygen atoms in total. The van der Waals surface area contributed by atoms with Gasteiger partial charge in [0.15, 0.2) is 0 Å². The maximum absolute atomic E-state index is 12.7. The van der Waals surface area contributed by atoms with Crippen LogP contribution in [-0.2, 0) is 4.79 Å². The van der Waals surface area contributed by atoms with Crippen molar-refractivity contribution >= 4 is 23.3 Å². The van der Waals surface area contributed by atoms with Crippen LogP contribution in [0.25, 0.3) is 0 Å². The molecule has 0 radical (unpaired) electrons. The average molecular weight is 310 g/mol. The summed E-state index contributed by atoms with van der Waals surface area (Å²) < 4.78 is 0. The molecule has 2 heterocycles. The Balaban J connectivity index is 2.07. The Morgan fingerprint density at radius 1 is 1.52 bits per heavy atom. The van der Waals surface area contributed by atoms with Crippen LogP contribution in [0.3, 0.4) is 0 Å². The SMILES string of the molecule is CC(c1cccs1)N(C)C(=O)N1CCCCC1CC(=O)O. The van der Waals surface area contributed by atoms with Crippen molar-refractivity contribution < 1.29 is 14.7 Å². The second kappa shape index (κ2) is 6.93. The number of hydrogen-bond donors (Lipinski definition) is 1. The van der Waals surface area contributed by atoms with Crippen molar-refractivity contribution in [3.63, 3.8) is 0 Å². The topological polar surface area (TPSA) is 60.9 Å². The van der Waals surface area contributed by atoms with Crippen molar-refractivity contribution in [3.05, 3.63) is 22.4 Å². The molecule has 1 aliphatic rings. The minimum atomic E-state index is -0.839. The molecule has 1 fully saturated rings. The second-order valence-corrected chi connectivity index (χ2v) is 6.51. The quantitative estimate of drug-likeness (QED) is 0.929. The molecule has 2 unspecified atom stereocenters. The summed E-state index contributed by atoms with van der Waals surface area (Å²) in [5, 5.41) is 11.0. The Morgan fingerprint density at radius 2 is 2.29 bits per heavy atom. The normalized spacial score (nSPS) is 20.1. The van der Waals surface area contributed by atoms with E-state index in [4.69, 9.17) is 5.11 Å². The largest absolute Gasteiger partial charge is 0.481 e. The summed E-state index contributed by atoms with van der Waals surface area (Å²) in [6, 6.07) is 3.75. The van der Waals surface area contributed by atoms with Crippen molar-refractivity contribution in [1.82, 2.24) is 9.80 Å². The third kappa shape index (κ3) is 3.75. The van der Waals surface area contributed by atoms with Crippen molar-refractivity contribution in [3.8, 4) is 0 Å². The number of piperidine rings is 1. The molecule has 21 heavy (non-hydrogen) atoms. The molecular formula is C15H22N2O3S. The van der Waals surface area contributed by atoms with Crippen LogP contribution in [0.5, 0.6) is 0 Å². The van der Waals surface area contributed by atoms with Crippen molar-refractivity contribution in [1.29, 1.82) is 0 Å². The molecule has 2 rings (SSSR count). The Bertz CT molecular complexity index is 489. The number of hydrogen-bond acceptors (Lipinski definition) is 3. The predicted molar refractivity (Wildman–Crippen MR) is 82.5 cm³/mol. The zero-order chi connectivity index (χ0) is 15.4. The number of nitrogens with zero attached hydrogens (tertiary/aromatic N) is 2. The first kappa shape index (κ1) is 15.8. The van der Waals surface area contributed by atoms with Crippen molar-refractivity contribution in [2.75, 3.05) is 13.6 Å². The van der Waals surface area contributed by atoms with E-state index in [0.29, 0.717) is 6.54 Å². The van der Waals surface area contributed by atoms with Gasteiger partial charge in [0, 0.05) is 24.5 Å². The van der Waals surface area contributed by atoms with Gasteiger partial charge in [0.05, 0.1) is 12.5 Å². The number of carbonyl (C=O) groups is 2. The predicted octanol–water partition coefficient (Wildman–Crippen LogP) is 3.19. The van der Waals surface area contributed by atoms with Crippen LogP contribution in [0.15, 0.2) is 17.5 Å². The lowest BCUT2D eigenvalue weighted by molar-refractivity contribution is -0.138. The summed E-state index contributed by atoms with van der Waals surface area (Å²) in [4.78, 5) is 28.3. The van der Waals surface area contributed by atoms with E-state index in [1.54, 1.807) is 28.2 Å². The fourth-order valence-electron chi connectivity index (χ4n) is 2.75. The zero-order valence-electron chi connectivity index (χ0n) is 12.5. The number of rotatable bonds is 4. The molecule has 1 aromatic rings. The lowest BCUT2D eigenvalue weighted by Crippen LogP contribution is -2.50. The van der Waals surface area contributed by atoms with E-state index in [1.165, 1.54) is 0 Å². The van der Waals surface area contributed by atoms with Crippen molar-refractivity contribution in [2.24, 2.45) is 0 Å². The van der Waals surface area contributed by atoms with Crippen LogP contribution in [0.1, 0.15) is 43.5 Å². The fourth-order valence-corrected chi connectivity index (χ4v) is 3.58. The van der Waals surface area contributed by atoms with Crippen LogP contribution in [0, 0.1) is 0 Å². The van der Waals surface area contributed by atoms with Gasteiger partial charge in [-0.2, -0.15) is 0 Å². The van der Waals surface area contributed by atoms with Crippen LogP contribution >= 0.6 is 11.3 Å². The molecule has 2 amide bonds. The molecule has 0 aliphatic carbocycles. The summed E-state index contributed by atoms with van der Waals surface area (Å²) in [6.07, 6.45) is 2.75. The van der Waals surface area contributed by atoms with E-state index < -0.39 is 5.97 Å². The van der Waals surface area contributed by atoms with E-state index in [-0.39, 0.29) is 24.5 Å². The van der Waals surface area contributed by atoms with E-state index in [9.17, 15) is 9.59 Å². The van der Waals surface area contributed by atoms with Gasteiger partial charge in [0.1, 0.15) is 0 Å². The van der Waals surface area contributed by atoms with E-state index in [1.807, 2.05) is 24.4 Å². The highest BCUT2D eigenvalue weighted by Gasteiger charge is 2.32. The lowest BCUT2D eigenvalue weighted by Gasteiger charge is -2.39. The number of likely N-dealkylation sites (tertiary alicyclic amines) is 1. The molecule has 0 spiro atoms. The third-order valence-electron chi connectivity index (χ3n) is 4.12. The highest BCUT2D eigenvalue weighted by atomic mass is 32.1. The van der Waals surface area contributed by atoms with Gasteiger partial charge in [-0.3, -0.25) is 4.79 Å². The molecule has 0 saturated carbocycles. The van der Waals surface area contributed by atoms with Gasteiger partial charge in [0.25, 0.3) is 0 Å². The maximum atomic E-state index is 12.7. The highest BCUT2D eigenvalue weighted by molar-refractivity contribution is 7.10. The summed E-state index contributed by atoms with van der Waals surface area (Å²) in [5.74, 6) is -0.839. The fraction of sp³-hybridized carbons (Fsp3) is 0.600. The van der Waals surface area contributed by atoms with Gasteiger partial charge in [-0.05, 0) is 37.6 Å². The maximum Gasteiger partial charge on any atom is 0.320 e. The highest BCUT2D eigenvalue weighted by Crippen LogP contribution is 2.27. The Kier molecular flexibility index (Phi) is 5.22. The molecule has 1 N–H and O–H groups in total. The van der Waals surface area contributed by atoms with Gasteiger partial charge in [-0.1, -0.05) is 6.07 Å². The van der Waals surface area contributed by atoms with Crippen LogP contribution in [0.2, 0.25) is 0 Å². The van der Waals surface area contributed by atoms with Gasteiger partial charge in [-0.15, -0.1) is 11.3 Å². The van der Waals surface area contributed by atoms with E-state index in [0.717, 1.165) is 24.1 Å². The van der Waals surface area contributed by atoms with Gasteiger partial charge < -0.3 is 14.9 Å². The molecule has 0 aromatic carbocycles. The van der Waals surface area contributed by atoms with E-state index in [2.05, 4.69) is 0 Å². The number of thiophene rings is 1. The lowest BCUT2D eigenvalue weighted by atomic mass is 10.00. The number of urea groups is 1. The van der Waals surface area contributed by atoms with Gasteiger partial charge >= 0.3 is 12.0 Å². The first-order valence-corrected chi connectivity index (χ1v) is 8.17. The minimum absolute atomic E-state index is 0.00454. The number of amides is 2. The number of carboxylic acids is 1. The minimum Gasteiger partial charge on any atom is -0.481 e. The third-order valence-corrected chi connectivity index (χ3v) is 5.16. The molecule has 116 valence electrons.